The summed E-state index contributed by atoms with van der Waals surface area (Å²) in [4.78, 5) is 23.7. The van der Waals surface area contributed by atoms with E-state index in [1.807, 2.05) is 18.0 Å². The van der Waals surface area contributed by atoms with Gasteiger partial charge in [0.2, 0.25) is 0 Å². The van der Waals surface area contributed by atoms with Gasteiger partial charge in [0.15, 0.2) is 5.82 Å². The van der Waals surface area contributed by atoms with E-state index >= 15 is 0 Å². The molecule has 0 saturated carbocycles. The van der Waals surface area contributed by atoms with Gasteiger partial charge in [-0.3, -0.25) is 4.79 Å². The van der Waals surface area contributed by atoms with Crippen molar-refractivity contribution in [3.63, 3.8) is 0 Å². The van der Waals surface area contributed by atoms with Crippen LogP contribution in [0.15, 0.2) is 12.3 Å². The number of aryl methyl sites for hydroxylation is 1. The highest BCUT2D eigenvalue weighted by molar-refractivity contribution is 6.05. The molecule has 5 heteroatoms. The maximum Gasteiger partial charge on any atom is 0.251 e. The lowest BCUT2D eigenvalue weighted by Gasteiger charge is -2.46. The van der Waals surface area contributed by atoms with E-state index < -0.39 is 0 Å². The van der Waals surface area contributed by atoms with E-state index in [9.17, 15) is 4.79 Å². The molecule has 0 aromatic carbocycles. The maximum absolute atomic E-state index is 12.8. The van der Waals surface area contributed by atoms with Crippen LogP contribution < -0.4 is 9.80 Å². The second kappa shape index (κ2) is 5.05. The van der Waals surface area contributed by atoms with Gasteiger partial charge in [0.05, 0.1) is 5.69 Å². The SMILES string of the molecule is CCCN1C(=O)[C@H]2CN(C)CCN2c2ncc(C)cc21. The molecule has 20 heavy (non-hydrogen) atoms. The van der Waals surface area contributed by atoms with E-state index in [0.29, 0.717) is 0 Å². The third-order valence-corrected chi connectivity index (χ3v) is 4.13. The summed E-state index contributed by atoms with van der Waals surface area (Å²) in [7, 11) is 2.08. The van der Waals surface area contributed by atoms with Crippen LogP contribution in [0.3, 0.4) is 0 Å². The van der Waals surface area contributed by atoms with E-state index in [-0.39, 0.29) is 11.9 Å². The van der Waals surface area contributed by atoms with E-state index in [2.05, 4.69) is 34.8 Å². The number of anilines is 2. The molecule has 1 saturated heterocycles. The van der Waals surface area contributed by atoms with Crippen LogP contribution in [0.4, 0.5) is 11.5 Å². The summed E-state index contributed by atoms with van der Waals surface area (Å²) in [6.45, 7) is 7.54. The Morgan fingerprint density at radius 2 is 2.20 bits per heavy atom. The highest BCUT2D eigenvalue weighted by Crippen LogP contribution is 2.36. The number of carbonyl (C=O) groups is 1. The minimum Gasteiger partial charge on any atom is -0.340 e. The first-order valence-corrected chi connectivity index (χ1v) is 7.35. The Bertz CT molecular complexity index is 531. The van der Waals surface area contributed by atoms with Crippen molar-refractivity contribution in [3.8, 4) is 0 Å². The molecule has 0 radical (unpaired) electrons. The number of amides is 1. The molecule has 0 N–H and O–H groups in total. The molecule has 0 bridgehead atoms. The number of hydrogen-bond acceptors (Lipinski definition) is 4. The zero-order valence-electron chi connectivity index (χ0n) is 12.5. The second-order valence-electron chi connectivity index (χ2n) is 5.82. The van der Waals surface area contributed by atoms with Gasteiger partial charge in [-0.1, -0.05) is 6.92 Å². The van der Waals surface area contributed by atoms with Gasteiger partial charge in [-0.05, 0) is 32.0 Å². The first-order chi connectivity index (χ1) is 9.61. The van der Waals surface area contributed by atoms with Gasteiger partial charge in [-0.15, -0.1) is 0 Å². The second-order valence-corrected chi connectivity index (χ2v) is 5.82. The van der Waals surface area contributed by atoms with Gasteiger partial charge < -0.3 is 14.7 Å². The van der Waals surface area contributed by atoms with Crippen molar-refractivity contribution in [3.05, 3.63) is 17.8 Å². The summed E-state index contributed by atoms with van der Waals surface area (Å²) in [5.74, 6) is 1.19. The first-order valence-electron chi connectivity index (χ1n) is 7.35. The maximum atomic E-state index is 12.8. The van der Waals surface area contributed by atoms with Crippen LogP contribution in [0.5, 0.6) is 0 Å². The summed E-state index contributed by atoms with van der Waals surface area (Å²) in [5.41, 5.74) is 2.09. The van der Waals surface area contributed by atoms with Crippen LogP contribution in [0.1, 0.15) is 18.9 Å². The van der Waals surface area contributed by atoms with Crippen molar-refractivity contribution >= 4 is 17.4 Å². The van der Waals surface area contributed by atoms with Crippen LogP contribution in [0, 0.1) is 6.92 Å². The van der Waals surface area contributed by atoms with Gasteiger partial charge in [0.25, 0.3) is 5.91 Å². The van der Waals surface area contributed by atoms with Crippen molar-refractivity contribution < 1.29 is 4.79 Å². The van der Waals surface area contributed by atoms with Crippen molar-refractivity contribution in [2.45, 2.75) is 26.3 Å². The molecule has 1 amide bonds. The number of fused-ring (bicyclic) bond motifs is 3. The van der Waals surface area contributed by atoms with Gasteiger partial charge in [-0.2, -0.15) is 0 Å². The molecule has 1 atom stereocenters. The number of aromatic nitrogens is 1. The van der Waals surface area contributed by atoms with Crippen molar-refractivity contribution in [2.75, 3.05) is 43.0 Å². The largest absolute Gasteiger partial charge is 0.340 e. The number of carbonyl (C=O) groups excluding carboxylic acids is 1. The fraction of sp³-hybridized carbons (Fsp3) is 0.600. The Labute approximate surface area is 120 Å². The zero-order chi connectivity index (χ0) is 14.3. The van der Waals surface area contributed by atoms with E-state index in [4.69, 9.17) is 0 Å². The lowest BCUT2D eigenvalue weighted by molar-refractivity contribution is -0.121. The minimum absolute atomic E-state index is 0.0805. The molecule has 1 fully saturated rings. The fourth-order valence-corrected chi connectivity index (χ4v) is 3.10. The number of pyridine rings is 1. The summed E-state index contributed by atoms with van der Waals surface area (Å²) in [5, 5.41) is 0. The Hall–Kier alpha value is -1.62. The highest BCUT2D eigenvalue weighted by atomic mass is 16.2. The molecule has 0 unspecified atom stereocenters. The normalized spacial score (nSPS) is 22.8. The van der Waals surface area contributed by atoms with E-state index in [0.717, 1.165) is 49.7 Å². The summed E-state index contributed by atoms with van der Waals surface area (Å²) in [6, 6.07) is 2.01. The highest BCUT2D eigenvalue weighted by Gasteiger charge is 2.41. The first kappa shape index (κ1) is 13.4. The van der Waals surface area contributed by atoms with Crippen LogP contribution in [0.2, 0.25) is 0 Å². The van der Waals surface area contributed by atoms with Crippen LogP contribution in [-0.4, -0.2) is 55.1 Å². The molecule has 0 aliphatic carbocycles. The Morgan fingerprint density at radius 1 is 1.40 bits per heavy atom. The molecular formula is C15H22N4O. The average Bonchev–Trinajstić information content (AvgIpc) is 2.43. The summed E-state index contributed by atoms with van der Waals surface area (Å²) >= 11 is 0. The molecule has 1 aromatic rings. The number of likely N-dealkylation sites (N-methyl/N-ethyl adjacent to an activating group) is 1. The average molecular weight is 274 g/mol. The van der Waals surface area contributed by atoms with Crippen molar-refractivity contribution in [1.29, 1.82) is 0 Å². The Kier molecular flexibility index (Phi) is 3.38. The van der Waals surface area contributed by atoms with Gasteiger partial charge in [0.1, 0.15) is 6.04 Å². The smallest absolute Gasteiger partial charge is 0.251 e. The Morgan fingerprint density at radius 3 is 2.95 bits per heavy atom. The van der Waals surface area contributed by atoms with Crippen LogP contribution >= 0.6 is 0 Å². The number of hydrogen-bond donors (Lipinski definition) is 0. The number of piperazine rings is 1. The zero-order valence-corrected chi connectivity index (χ0v) is 12.5. The quantitative estimate of drug-likeness (QED) is 0.814. The topological polar surface area (TPSA) is 39.7 Å². The van der Waals surface area contributed by atoms with Gasteiger partial charge in [0, 0.05) is 32.4 Å². The molecule has 3 rings (SSSR count). The fourth-order valence-electron chi connectivity index (χ4n) is 3.10. The lowest BCUT2D eigenvalue weighted by Crippen LogP contribution is -2.62. The van der Waals surface area contributed by atoms with E-state index in [1.165, 1.54) is 0 Å². The van der Waals surface area contributed by atoms with Crippen LogP contribution in [-0.2, 0) is 4.79 Å². The summed E-state index contributed by atoms with van der Waals surface area (Å²) < 4.78 is 0. The Balaban J connectivity index is 2.06. The lowest BCUT2D eigenvalue weighted by atomic mass is 10.0. The molecule has 3 heterocycles. The number of nitrogens with zero attached hydrogens (tertiary/aromatic N) is 4. The third kappa shape index (κ3) is 2.06. The van der Waals surface area contributed by atoms with E-state index in [1.54, 1.807) is 0 Å². The summed E-state index contributed by atoms with van der Waals surface area (Å²) in [6.07, 6.45) is 2.86. The van der Waals surface area contributed by atoms with Crippen LogP contribution in [0.25, 0.3) is 0 Å². The van der Waals surface area contributed by atoms with Crippen molar-refractivity contribution in [2.24, 2.45) is 0 Å². The monoisotopic (exact) mass is 274 g/mol. The minimum atomic E-state index is -0.0805. The third-order valence-electron chi connectivity index (χ3n) is 4.13. The predicted octanol–water partition coefficient (Wildman–Crippen LogP) is 1.27. The van der Waals surface area contributed by atoms with Crippen molar-refractivity contribution in [1.82, 2.24) is 9.88 Å². The molecule has 108 valence electrons. The molecular weight excluding hydrogens is 252 g/mol. The number of rotatable bonds is 2. The standard InChI is InChI=1S/C15H22N4O/c1-4-5-19-12-8-11(2)9-16-14(12)18-7-6-17(3)10-13(18)15(19)20/h8-9,13H,4-7,10H2,1-3H3/t13-/m1/s1. The molecule has 0 spiro atoms. The molecule has 1 aromatic heterocycles. The molecule has 2 aliphatic heterocycles. The predicted molar refractivity (Wildman–Crippen MR) is 80.2 cm³/mol. The van der Waals surface area contributed by atoms with Gasteiger partial charge >= 0.3 is 0 Å². The van der Waals surface area contributed by atoms with Gasteiger partial charge in [-0.25, -0.2) is 4.98 Å². The molecule has 5 nitrogen and oxygen atoms in total. The molecule has 2 aliphatic rings.